The van der Waals surface area contributed by atoms with Gasteiger partial charge < -0.3 is 0 Å². The zero-order valence-electron chi connectivity index (χ0n) is 15.1. The van der Waals surface area contributed by atoms with E-state index in [2.05, 4.69) is 15.5 Å². The van der Waals surface area contributed by atoms with Crippen molar-refractivity contribution in [3.05, 3.63) is 33.8 Å². The van der Waals surface area contributed by atoms with Crippen LogP contribution >= 0.6 is 22.9 Å². The molecule has 0 aliphatic carbocycles. The molecule has 7 nitrogen and oxygen atoms in total. The molecule has 1 atom stereocenters. The van der Waals surface area contributed by atoms with Crippen molar-refractivity contribution in [2.24, 2.45) is 5.92 Å². The summed E-state index contributed by atoms with van der Waals surface area (Å²) in [5.41, 5.74) is 0.205. The number of carbonyl (C=O) groups is 1. The number of piperidine rings is 1. The van der Waals surface area contributed by atoms with E-state index in [9.17, 15) is 13.2 Å². The molecule has 0 spiro atoms. The van der Waals surface area contributed by atoms with Crippen LogP contribution in [-0.2, 0) is 16.4 Å². The van der Waals surface area contributed by atoms with Crippen molar-refractivity contribution in [2.75, 3.05) is 18.4 Å². The molecule has 1 amide bonds. The summed E-state index contributed by atoms with van der Waals surface area (Å²) in [5.74, 6) is -0.155. The van der Waals surface area contributed by atoms with Crippen LogP contribution in [0.5, 0.6) is 0 Å². The van der Waals surface area contributed by atoms with Crippen LogP contribution in [0.3, 0.4) is 0 Å². The fourth-order valence-electron chi connectivity index (χ4n) is 2.96. The Morgan fingerprint density at radius 1 is 1.41 bits per heavy atom. The average molecular weight is 429 g/mol. The zero-order valence-corrected chi connectivity index (χ0v) is 17.5. The first-order valence-corrected chi connectivity index (χ1v) is 11.4. The molecule has 10 heteroatoms. The van der Waals surface area contributed by atoms with E-state index in [1.165, 1.54) is 33.8 Å². The number of nitrogens with zero attached hydrogens (tertiary/aromatic N) is 3. The first-order valence-electron chi connectivity index (χ1n) is 8.74. The topological polar surface area (TPSA) is 92.3 Å². The largest absolute Gasteiger partial charge is 0.296 e. The molecule has 1 aliphatic heterocycles. The van der Waals surface area contributed by atoms with E-state index in [1.54, 1.807) is 0 Å². The number of rotatable bonds is 5. The van der Waals surface area contributed by atoms with Gasteiger partial charge in [-0.15, -0.1) is 10.2 Å². The number of amides is 1. The van der Waals surface area contributed by atoms with Gasteiger partial charge in [-0.2, -0.15) is 4.31 Å². The maximum Gasteiger partial charge on any atom is 0.257 e. The first kappa shape index (κ1) is 20.2. The monoisotopic (exact) mass is 428 g/mol. The van der Waals surface area contributed by atoms with Gasteiger partial charge in [-0.25, -0.2) is 8.42 Å². The number of sulfonamides is 1. The minimum absolute atomic E-state index is 0.0440. The van der Waals surface area contributed by atoms with Gasteiger partial charge in [0.1, 0.15) is 9.90 Å². The second-order valence-corrected chi connectivity index (χ2v) is 9.94. The maximum absolute atomic E-state index is 13.0. The molecule has 1 aromatic heterocycles. The summed E-state index contributed by atoms with van der Waals surface area (Å²) < 4.78 is 27.5. The smallest absolute Gasteiger partial charge is 0.257 e. The molecular formula is C17H21ClN4O3S2. The Bertz CT molecular complexity index is 945. The molecule has 1 unspecified atom stereocenters. The van der Waals surface area contributed by atoms with Gasteiger partial charge in [-0.1, -0.05) is 36.8 Å². The SMILES string of the molecule is CCc1nnc(NC(=O)c2ccc(Cl)c(S(=O)(=O)N3CCCC(C)C3)c2)s1. The third kappa shape index (κ3) is 4.48. The number of aromatic nitrogens is 2. The summed E-state index contributed by atoms with van der Waals surface area (Å²) >= 11 is 7.45. The highest BCUT2D eigenvalue weighted by molar-refractivity contribution is 7.89. The van der Waals surface area contributed by atoms with Gasteiger partial charge in [0.15, 0.2) is 0 Å². The van der Waals surface area contributed by atoms with E-state index in [0.29, 0.717) is 24.1 Å². The van der Waals surface area contributed by atoms with Gasteiger partial charge in [0, 0.05) is 18.7 Å². The predicted molar refractivity (Wildman–Crippen MR) is 106 cm³/mol. The van der Waals surface area contributed by atoms with Crippen molar-refractivity contribution in [1.29, 1.82) is 0 Å². The Morgan fingerprint density at radius 2 is 2.19 bits per heavy atom. The second-order valence-electron chi connectivity index (χ2n) is 6.56. The number of benzene rings is 1. The fourth-order valence-corrected chi connectivity index (χ4v) is 5.74. The van der Waals surface area contributed by atoms with Crippen LogP contribution < -0.4 is 5.32 Å². The van der Waals surface area contributed by atoms with E-state index in [1.807, 2.05) is 13.8 Å². The van der Waals surface area contributed by atoms with Gasteiger partial charge in [0.25, 0.3) is 5.91 Å². The third-order valence-corrected chi connectivity index (χ3v) is 7.75. The lowest BCUT2D eigenvalue weighted by atomic mass is 10.0. The van der Waals surface area contributed by atoms with Gasteiger partial charge in [-0.3, -0.25) is 10.1 Å². The lowest BCUT2D eigenvalue weighted by Crippen LogP contribution is -2.39. The van der Waals surface area contributed by atoms with Crippen LogP contribution in [0.4, 0.5) is 5.13 Å². The minimum Gasteiger partial charge on any atom is -0.296 e. The van der Waals surface area contributed by atoms with Gasteiger partial charge in [0.05, 0.1) is 5.02 Å². The molecule has 1 aromatic carbocycles. The molecule has 0 radical (unpaired) electrons. The molecule has 3 rings (SSSR count). The minimum atomic E-state index is -3.76. The molecular weight excluding hydrogens is 408 g/mol. The molecule has 1 saturated heterocycles. The summed E-state index contributed by atoms with van der Waals surface area (Å²) in [5, 5.41) is 11.8. The number of hydrogen-bond donors (Lipinski definition) is 1. The summed E-state index contributed by atoms with van der Waals surface area (Å²) in [4.78, 5) is 12.5. The van der Waals surface area contributed by atoms with Crippen LogP contribution in [0.2, 0.25) is 5.02 Å². The Hall–Kier alpha value is -1.55. The Balaban J connectivity index is 1.86. The highest BCUT2D eigenvalue weighted by Crippen LogP contribution is 2.29. The molecule has 2 aromatic rings. The Labute approximate surface area is 167 Å². The van der Waals surface area contributed by atoms with Crippen LogP contribution in [0.25, 0.3) is 0 Å². The van der Waals surface area contributed by atoms with Crippen molar-refractivity contribution < 1.29 is 13.2 Å². The number of anilines is 1. The lowest BCUT2D eigenvalue weighted by Gasteiger charge is -2.30. The molecule has 1 fully saturated rings. The summed E-state index contributed by atoms with van der Waals surface area (Å²) in [6.07, 6.45) is 2.55. The number of halogens is 1. The summed E-state index contributed by atoms with van der Waals surface area (Å²) in [7, 11) is -3.76. The van der Waals surface area contributed by atoms with Crippen LogP contribution in [-0.4, -0.2) is 41.9 Å². The molecule has 1 aliphatic rings. The van der Waals surface area contributed by atoms with E-state index in [4.69, 9.17) is 11.6 Å². The van der Waals surface area contributed by atoms with E-state index in [-0.39, 0.29) is 15.5 Å². The molecule has 0 saturated carbocycles. The number of nitrogens with one attached hydrogen (secondary N) is 1. The third-order valence-electron chi connectivity index (χ3n) is 4.42. The quantitative estimate of drug-likeness (QED) is 0.787. The normalized spacial score (nSPS) is 18.4. The Kier molecular flexibility index (Phi) is 6.15. The number of hydrogen-bond acceptors (Lipinski definition) is 6. The van der Waals surface area contributed by atoms with Gasteiger partial charge >= 0.3 is 0 Å². The van der Waals surface area contributed by atoms with Gasteiger partial charge in [0.2, 0.25) is 15.2 Å². The van der Waals surface area contributed by atoms with Crippen molar-refractivity contribution >= 4 is 44.0 Å². The van der Waals surface area contributed by atoms with Crippen molar-refractivity contribution in [2.45, 2.75) is 38.0 Å². The number of aryl methyl sites for hydroxylation is 1. The first-order chi connectivity index (χ1) is 12.8. The molecule has 0 bridgehead atoms. The standard InChI is InChI=1S/C17H21ClN4O3S2/c1-3-15-20-21-17(26-15)19-16(23)12-6-7-13(18)14(9-12)27(24,25)22-8-4-5-11(2)10-22/h6-7,9,11H,3-5,8,10H2,1-2H3,(H,19,21,23). The predicted octanol–water partition coefficient (Wildman–Crippen LogP) is 3.43. The zero-order chi connectivity index (χ0) is 19.6. The van der Waals surface area contributed by atoms with E-state index >= 15 is 0 Å². The van der Waals surface area contributed by atoms with Crippen LogP contribution in [0, 0.1) is 5.92 Å². The van der Waals surface area contributed by atoms with E-state index in [0.717, 1.165) is 24.3 Å². The average Bonchev–Trinajstić information content (AvgIpc) is 3.09. The van der Waals surface area contributed by atoms with Crippen molar-refractivity contribution in [3.8, 4) is 0 Å². The second kappa shape index (κ2) is 8.22. The maximum atomic E-state index is 13.0. The summed E-state index contributed by atoms with van der Waals surface area (Å²) in [6.45, 7) is 4.90. The Morgan fingerprint density at radius 3 is 2.85 bits per heavy atom. The van der Waals surface area contributed by atoms with E-state index < -0.39 is 15.9 Å². The molecule has 146 valence electrons. The van der Waals surface area contributed by atoms with Crippen molar-refractivity contribution in [3.63, 3.8) is 0 Å². The number of carbonyl (C=O) groups excluding carboxylic acids is 1. The summed E-state index contributed by atoms with van der Waals surface area (Å²) in [6, 6.07) is 4.26. The highest BCUT2D eigenvalue weighted by atomic mass is 35.5. The van der Waals surface area contributed by atoms with Crippen molar-refractivity contribution in [1.82, 2.24) is 14.5 Å². The van der Waals surface area contributed by atoms with Crippen LogP contribution in [0.1, 0.15) is 42.1 Å². The molecule has 1 N–H and O–H groups in total. The highest BCUT2D eigenvalue weighted by Gasteiger charge is 2.31. The lowest BCUT2D eigenvalue weighted by molar-refractivity contribution is 0.102. The molecule has 2 heterocycles. The van der Waals surface area contributed by atoms with Gasteiger partial charge in [-0.05, 0) is 43.4 Å². The van der Waals surface area contributed by atoms with Crippen LogP contribution in [0.15, 0.2) is 23.1 Å². The fraction of sp³-hybridized carbons (Fsp3) is 0.471. The molecule has 27 heavy (non-hydrogen) atoms.